The lowest BCUT2D eigenvalue weighted by Gasteiger charge is -2.19. The summed E-state index contributed by atoms with van der Waals surface area (Å²) < 4.78 is 0. The minimum atomic E-state index is 0.684. The molecule has 2 aromatic rings. The van der Waals surface area contributed by atoms with Gasteiger partial charge in [-0.2, -0.15) is 0 Å². The average molecular weight is 291 g/mol. The van der Waals surface area contributed by atoms with Crippen LogP contribution in [0.3, 0.4) is 0 Å². The Morgan fingerprint density at radius 3 is 2.85 bits per heavy atom. The predicted molar refractivity (Wildman–Crippen MR) is 83.0 cm³/mol. The molecule has 1 N–H and O–H groups in total. The summed E-state index contributed by atoms with van der Waals surface area (Å²) in [6, 6.07) is 7.83. The Hall–Kier alpha value is -1.65. The smallest absolute Gasteiger partial charge is 0.129 e. The molecular formula is C15H19ClN4. The van der Waals surface area contributed by atoms with Gasteiger partial charge >= 0.3 is 0 Å². The Labute approximate surface area is 124 Å². The Kier molecular flexibility index (Phi) is 5.32. The van der Waals surface area contributed by atoms with Gasteiger partial charge in [-0.15, -0.1) is 0 Å². The van der Waals surface area contributed by atoms with Crippen LogP contribution in [0.4, 0.5) is 5.82 Å². The Balaban J connectivity index is 2.11. The SMILES string of the molecule is CCNCc1nc(N(C)Cc2cccnc2)ccc1Cl. The van der Waals surface area contributed by atoms with Crippen molar-refractivity contribution in [1.82, 2.24) is 15.3 Å². The summed E-state index contributed by atoms with van der Waals surface area (Å²) in [6.45, 7) is 4.41. The highest BCUT2D eigenvalue weighted by molar-refractivity contribution is 6.31. The zero-order valence-electron chi connectivity index (χ0n) is 11.8. The molecule has 0 spiro atoms. The van der Waals surface area contributed by atoms with Crippen molar-refractivity contribution in [2.75, 3.05) is 18.5 Å². The number of hydrogen-bond donors (Lipinski definition) is 1. The Morgan fingerprint density at radius 2 is 2.15 bits per heavy atom. The molecule has 0 atom stereocenters. The maximum atomic E-state index is 6.17. The van der Waals surface area contributed by atoms with Crippen molar-refractivity contribution < 1.29 is 0 Å². The van der Waals surface area contributed by atoms with Crippen molar-refractivity contribution in [3.8, 4) is 0 Å². The van der Waals surface area contributed by atoms with Crippen LogP contribution in [0.25, 0.3) is 0 Å². The molecule has 2 heterocycles. The van der Waals surface area contributed by atoms with Gasteiger partial charge in [0.05, 0.1) is 10.7 Å². The van der Waals surface area contributed by atoms with Crippen molar-refractivity contribution >= 4 is 17.4 Å². The van der Waals surface area contributed by atoms with Gasteiger partial charge < -0.3 is 10.2 Å². The molecule has 0 radical (unpaired) electrons. The zero-order valence-corrected chi connectivity index (χ0v) is 12.6. The maximum absolute atomic E-state index is 6.17. The first kappa shape index (κ1) is 14.8. The summed E-state index contributed by atoms with van der Waals surface area (Å²) in [7, 11) is 2.01. The van der Waals surface area contributed by atoms with Gasteiger partial charge in [0.1, 0.15) is 5.82 Å². The Morgan fingerprint density at radius 1 is 1.30 bits per heavy atom. The van der Waals surface area contributed by atoms with E-state index in [-0.39, 0.29) is 0 Å². The van der Waals surface area contributed by atoms with E-state index in [1.54, 1.807) is 6.20 Å². The third-order valence-corrected chi connectivity index (χ3v) is 3.32. The van der Waals surface area contributed by atoms with Crippen molar-refractivity contribution in [1.29, 1.82) is 0 Å². The predicted octanol–water partition coefficient (Wildman–Crippen LogP) is 2.88. The molecule has 4 nitrogen and oxygen atoms in total. The molecule has 0 saturated heterocycles. The number of anilines is 1. The number of halogens is 1. The molecule has 0 fully saturated rings. The molecular weight excluding hydrogens is 272 g/mol. The van der Waals surface area contributed by atoms with E-state index in [0.717, 1.165) is 30.2 Å². The fraction of sp³-hybridized carbons (Fsp3) is 0.333. The second-order valence-electron chi connectivity index (χ2n) is 4.60. The number of nitrogens with one attached hydrogen (secondary N) is 1. The number of hydrogen-bond acceptors (Lipinski definition) is 4. The van der Waals surface area contributed by atoms with Gasteiger partial charge in [0.15, 0.2) is 0 Å². The van der Waals surface area contributed by atoms with Gasteiger partial charge in [-0.25, -0.2) is 4.98 Å². The number of aromatic nitrogens is 2. The highest BCUT2D eigenvalue weighted by Gasteiger charge is 2.08. The first-order valence-electron chi connectivity index (χ1n) is 6.67. The van der Waals surface area contributed by atoms with Gasteiger partial charge in [0.2, 0.25) is 0 Å². The third-order valence-electron chi connectivity index (χ3n) is 2.98. The van der Waals surface area contributed by atoms with Crippen LogP contribution in [-0.4, -0.2) is 23.6 Å². The molecule has 0 aromatic carbocycles. The lowest BCUT2D eigenvalue weighted by atomic mass is 10.2. The summed E-state index contributed by atoms with van der Waals surface area (Å²) in [5.41, 5.74) is 2.03. The summed E-state index contributed by atoms with van der Waals surface area (Å²) in [4.78, 5) is 10.8. The first-order chi connectivity index (χ1) is 9.70. The normalized spacial score (nSPS) is 10.6. The van der Waals surface area contributed by atoms with Crippen LogP contribution in [0, 0.1) is 0 Å². The van der Waals surface area contributed by atoms with Crippen LogP contribution in [0.5, 0.6) is 0 Å². The molecule has 106 valence electrons. The molecule has 2 aromatic heterocycles. The van der Waals surface area contributed by atoms with Gasteiger partial charge in [0, 0.05) is 32.5 Å². The quantitative estimate of drug-likeness (QED) is 0.888. The van der Waals surface area contributed by atoms with Crippen molar-refractivity contribution in [2.24, 2.45) is 0 Å². The highest BCUT2D eigenvalue weighted by Crippen LogP contribution is 2.19. The van der Waals surface area contributed by atoms with Crippen molar-refractivity contribution in [3.63, 3.8) is 0 Å². The van der Waals surface area contributed by atoms with Crippen LogP contribution in [0.15, 0.2) is 36.7 Å². The zero-order chi connectivity index (χ0) is 14.4. The molecule has 0 unspecified atom stereocenters. The van der Waals surface area contributed by atoms with E-state index in [1.165, 1.54) is 0 Å². The molecule has 0 amide bonds. The second-order valence-corrected chi connectivity index (χ2v) is 5.00. The van der Waals surface area contributed by atoms with Crippen LogP contribution in [0.1, 0.15) is 18.2 Å². The molecule has 0 saturated carbocycles. The minimum absolute atomic E-state index is 0.684. The van der Waals surface area contributed by atoms with Crippen molar-refractivity contribution in [2.45, 2.75) is 20.0 Å². The maximum Gasteiger partial charge on any atom is 0.129 e. The lowest BCUT2D eigenvalue weighted by Crippen LogP contribution is -2.19. The lowest BCUT2D eigenvalue weighted by molar-refractivity contribution is 0.708. The fourth-order valence-electron chi connectivity index (χ4n) is 1.90. The van der Waals surface area contributed by atoms with E-state index in [2.05, 4.69) is 33.2 Å². The van der Waals surface area contributed by atoms with E-state index in [0.29, 0.717) is 11.6 Å². The molecule has 0 aliphatic carbocycles. The average Bonchev–Trinajstić information content (AvgIpc) is 2.47. The minimum Gasteiger partial charge on any atom is -0.355 e. The van der Waals surface area contributed by atoms with E-state index < -0.39 is 0 Å². The number of pyridine rings is 2. The Bertz CT molecular complexity index is 545. The van der Waals surface area contributed by atoms with Gasteiger partial charge in [-0.3, -0.25) is 4.98 Å². The van der Waals surface area contributed by atoms with Crippen LogP contribution in [0.2, 0.25) is 5.02 Å². The van der Waals surface area contributed by atoms with Crippen LogP contribution in [-0.2, 0) is 13.1 Å². The third kappa shape index (κ3) is 3.92. The molecule has 2 rings (SSSR count). The molecule has 20 heavy (non-hydrogen) atoms. The topological polar surface area (TPSA) is 41.1 Å². The van der Waals surface area contributed by atoms with E-state index in [1.807, 2.05) is 31.4 Å². The standard InChI is InChI=1S/C15H19ClN4/c1-3-17-10-14-13(16)6-7-15(19-14)20(2)11-12-5-4-8-18-9-12/h4-9,17H,3,10-11H2,1-2H3. The van der Waals surface area contributed by atoms with Crippen LogP contribution < -0.4 is 10.2 Å². The highest BCUT2D eigenvalue weighted by atomic mass is 35.5. The summed E-state index contributed by atoms with van der Waals surface area (Å²) in [5, 5.41) is 3.94. The summed E-state index contributed by atoms with van der Waals surface area (Å²) in [6.07, 6.45) is 3.64. The van der Waals surface area contributed by atoms with E-state index in [9.17, 15) is 0 Å². The summed E-state index contributed by atoms with van der Waals surface area (Å²) >= 11 is 6.17. The van der Waals surface area contributed by atoms with E-state index in [4.69, 9.17) is 11.6 Å². The molecule has 0 aliphatic heterocycles. The van der Waals surface area contributed by atoms with Crippen LogP contribution >= 0.6 is 11.6 Å². The largest absolute Gasteiger partial charge is 0.355 e. The van der Waals surface area contributed by atoms with Gasteiger partial charge in [-0.05, 0) is 30.3 Å². The van der Waals surface area contributed by atoms with Gasteiger partial charge in [0.25, 0.3) is 0 Å². The summed E-state index contributed by atoms with van der Waals surface area (Å²) in [5.74, 6) is 0.908. The molecule has 5 heteroatoms. The second kappa shape index (κ2) is 7.22. The molecule has 0 aliphatic rings. The molecule has 0 bridgehead atoms. The number of rotatable bonds is 6. The fourth-order valence-corrected chi connectivity index (χ4v) is 2.07. The van der Waals surface area contributed by atoms with Gasteiger partial charge in [-0.1, -0.05) is 24.6 Å². The van der Waals surface area contributed by atoms with E-state index >= 15 is 0 Å². The monoisotopic (exact) mass is 290 g/mol. The number of nitrogens with zero attached hydrogens (tertiary/aromatic N) is 3. The first-order valence-corrected chi connectivity index (χ1v) is 7.04. The van der Waals surface area contributed by atoms with Crippen molar-refractivity contribution in [3.05, 3.63) is 52.9 Å².